The molecular formula is C27H48N2OS. The van der Waals surface area contributed by atoms with Crippen LogP contribution in [0.5, 0.6) is 5.75 Å². The van der Waals surface area contributed by atoms with E-state index in [0.29, 0.717) is 11.2 Å². The van der Waals surface area contributed by atoms with Crippen LogP contribution in [0.3, 0.4) is 0 Å². The quantitative estimate of drug-likeness (QED) is 0.158. The molecule has 0 bridgehead atoms. The van der Waals surface area contributed by atoms with Crippen LogP contribution in [0.1, 0.15) is 115 Å². The van der Waals surface area contributed by atoms with E-state index in [9.17, 15) is 0 Å². The molecule has 3 N–H and O–H groups in total. The molecule has 0 saturated carbocycles. The Bertz CT molecular complexity index is 564. The monoisotopic (exact) mass is 448 g/mol. The Morgan fingerprint density at radius 2 is 1.39 bits per heavy atom. The molecule has 1 aromatic rings. The summed E-state index contributed by atoms with van der Waals surface area (Å²) < 4.78 is 5.34. The lowest BCUT2D eigenvalue weighted by Crippen LogP contribution is -2.39. The molecule has 3 nitrogen and oxygen atoms in total. The fourth-order valence-corrected chi connectivity index (χ4v) is 4.44. The molecule has 0 aliphatic rings. The Labute approximate surface area is 197 Å². The van der Waals surface area contributed by atoms with E-state index in [1.54, 1.807) is 7.11 Å². The van der Waals surface area contributed by atoms with Gasteiger partial charge in [-0.3, -0.25) is 0 Å². The van der Waals surface area contributed by atoms with E-state index < -0.39 is 0 Å². The lowest BCUT2D eigenvalue weighted by molar-refractivity contribution is 0.413. The van der Waals surface area contributed by atoms with Crippen molar-refractivity contribution < 1.29 is 4.74 Å². The summed E-state index contributed by atoms with van der Waals surface area (Å²) in [4.78, 5) is 0. The largest absolute Gasteiger partial charge is 0.497 e. The van der Waals surface area contributed by atoms with Crippen molar-refractivity contribution in [3.63, 3.8) is 0 Å². The number of unbranched alkanes of at least 4 members (excludes halogenated alkanes) is 14. The molecule has 0 saturated heterocycles. The average Bonchev–Trinajstić information content (AvgIpc) is 2.76. The van der Waals surface area contributed by atoms with Gasteiger partial charge in [0.2, 0.25) is 0 Å². The normalized spacial score (nSPS) is 11.9. The molecule has 0 aliphatic heterocycles. The summed E-state index contributed by atoms with van der Waals surface area (Å²) in [5.74, 6) is 0.901. The smallest absolute Gasteiger partial charge is 0.163 e. The summed E-state index contributed by atoms with van der Waals surface area (Å²) >= 11 is 5.09. The van der Waals surface area contributed by atoms with E-state index in [1.807, 2.05) is 12.1 Å². The number of thiocarbonyl (C=S) groups is 1. The second-order valence-corrected chi connectivity index (χ2v) is 9.44. The number of benzene rings is 1. The van der Waals surface area contributed by atoms with Crippen LogP contribution < -0.4 is 15.8 Å². The van der Waals surface area contributed by atoms with E-state index >= 15 is 0 Å². The highest BCUT2D eigenvalue weighted by Gasteiger charge is 2.10. The highest BCUT2D eigenvalue weighted by atomic mass is 32.1. The topological polar surface area (TPSA) is 47.3 Å². The minimum absolute atomic E-state index is 0.298. The van der Waals surface area contributed by atoms with Crippen LogP contribution in [-0.2, 0) is 6.42 Å². The van der Waals surface area contributed by atoms with Crippen molar-refractivity contribution in [3.05, 3.63) is 29.8 Å². The number of methoxy groups -OCH3 is 1. The fourth-order valence-electron chi connectivity index (χ4n) is 4.27. The molecule has 1 aromatic carbocycles. The lowest BCUT2D eigenvalue weighted by Gasteiger charge is -2.19. The minimum atomic E-state index is 0.298. The van der Waals surface area contributed by atoms with Crippen molar-refractivity contribution in [1.82, 2.24) is 5.32 Å². The SMILES string of the molecule is CCCCCCCCCCCCCCCCCC(Cc1cccc(OC)c1)NC(N)=S. The lowest BCUT2D eigenvalue weighted by atomic mass is 9.99. The standard InChI is InChI=1S/C27H48N2OS/c1-3-4-5-6-7-8-9-10-11-12-13-14-15-16-17-20-25(29-27(28)31)22-24-19-18-21-26(23-24)30-2/h18-19,21,23,25H,3-17,20,22H2,1-2H3,(H3,28,29,31). The molecule has 0 amide bonds. The molecule has 4 heteroatoms. The zero-order valence-corrected chi connectivity index (χ0v) is 21.1. The number of nitrogens with two attached hydrogens (primary N) is 1. The number of rotatable bonds is 20. The van der Waals surface area contributed by atoms with Crippen LogP contribution in [0, 0.1) is 0 Å². The third kappa shape index (κ3) is 16.1. The third-order valence-corrected chi connectivity index (χ3v) is 6.24. The highest BCUT2D eigenvalue weighted by Crippen LogP contribution is 2.17. The minimum Gasteiger partial charge on any atom is -0.497 e. The van der Waals surface area contributed by atoms with Gasteiger partial charge in [-0.1, -0.05) is 115 Å². The Kier molecular flexibility index (Phi) is 17.4. The van der Waals surface area contributed by atoms with E-state index in [1.165, 1.54) is 102 Å². The van der Waals surface area contributed by atoms with Crippen LogP contribution in [0.2, 0.25) is 0 Å². The van der Waals surface area contributed by atoms with Gasteiger partial charge >= 0.3 is 0 Å². The van der Waals surface area contributed by atoms with Crippen LogP contribution in [0.25, 0.3) is 0 Å². The van der Waals surface area contributed by atoms with E-state index in [-0.39, 0.29) is 0 Å². The molecule has 178 valence electrons. The first-order chi connectivity index (χ1) is 15.2. The summed E-state index contributed by atoms with van der Waals surface area (Å²) in [5, 5.41) is 3.68. The van der Waals surface area contributed by atoms with Gasteiger partial charge in [0.05, 0.1) is 7.11 Å². The highest BCUT2D eigenvalue weighted by molar-refractivity contribution is 7.80. The Balaban J connectivity index is 2.04. The molecule has 1 atom stereocenters. The summed E-state index contributed by atoms with van der Waals surface area (Å²) in [6.07, 6.45) is 22.9. The van der Waals surface area contributed by atoms with Crippen LogP contribution >= 0.6 is 12.2 Å². The zero-order valence-electron chi connectivity index (χ0n) is 20.3. The second kappa shape index (κ2) is 19.4. The zero-order chi connectivity index (χ0) is 22.6. The average molecular weight is 449 g/mol. The van der Waals surface area contributed by atoms with Crippen molar-refractivity contribution in [1.29, 1.82) is 0 Å². The van der Waals surface area contributed by atoms with Crippen LogP contribution in [0.15, 0.2) is 24.3 Å². The molecule has 0 radical (unpaired) electrons. The predicted octanol–water partition coefficient (Wildman–Crippen LogP) is 7.70. The Hall–Kier alpha value is -1.29. The summed E-state index contributed by atoms with van der Waals surface area (Å²) in [7, 11) is 1.71. The molecular weight excluding hydrogens is 400 g/mol. The molecule has 0 fully saturated rings. The predicted molar refractivity (Wildman–Crippen MR) is 140 cm³/mol. The van der Waals surface area contributed by atoms with Gasteiger partial charge in [0.1, 0.15) is 5.75 Å². The third-order valence-electron chi connectivity index (χ3n) is 6.12. The van der Waals surface area contributed by atoms with Crippen LogP contribution in [0.4, 0.5) is 0 Å². The maximum Gasteiger partial charge on any atom is 0.163 e. The second-order valence-electron chi connectivity index (χ2n) is 9.00. The van der Waals surface area contributed by atoms with Gasteiger partial charge < -0.3 is 15.8 Å². The number of hydrogen-bond donors (Lipinski definition) is 2. The van der Waals surface area contributed by atoms with Gasteiger partial charge in [-0.25, -0.2) is 0 Å². The molecule has 1 rings (SSSR count). The van der Waals surface area contributed by atoms with Crippen molar-refractivity contribution in [2.24, 2.45) is 5.73 Å². The van der Waals surface area contributed by atoms with Crippen molar-refractivity contribution >= 4 is 17.3 Å². The van der Waals surface area contributed by atoms with Crippen molar-refractivity contribution in [2.75, 3.05) is 7.11 Å². The summed E-state index contributed by atoms with van der Waals surface area (Å²) in [6, 6.07) is 8.56. The molecule has 0 aliphatic carbocycles. The molecule has 1 unspecified atom stereocenters. The van der Waals surface area contributed by atoms with Gasteiger partial charge in [-0.15, -0.1) is 0 Å². The Morgan fingerprint density at radius 3 is 1.87 bits per heavy atom. The van der Waals surface area contributed by atoms with Crippen molar-refractivity contribution in [3.8, 4) is 5.75 Å². The molecule has 31 heavy (non-hydrogen) atoms. The summed E-state index contributed by atoms with van der Waals surface area (Å²) in [5.41, 5.74) is 7.01. The first-order valence-corrected chi connectivity index (χ1v) is 13.3. The van der Waals surface area contributed by atoms with Gasteiger partial charge in [-0.2, -0.15) is 0 Å². The van der Waals surface area contributed by atoms with Gasteiger partial charge in [-0.05, 0) is 42.8 Å². The van der Waals surface area contributed by atoms with Gasteiger partial charge in [0, 0.05) is 6.04 Å². The molecule has 0 spiro atoms. The Morgan fingerprint density at radius 1 is 0.871 bits per heavy atom. The van der Waals surface area contributed by atoms with Crippen molar-refractivity contribution in [2.45, 2.75) is 122 Å². The van der Waals surface area contributed by atoms with E-state index in [0.717, 1.165) is 18.6 Å². The molecule has 0 aromatic heterocycles. The maximum atomic E-state index is 5.75. The van der Waals surface area contributed by atoms with Gasteiger partial charge in [0.15, 0.2) is 5.11 Å². The fraction of sp³-hybridized carbons (Fsp3) is 0.741. The number of hydrogen-bond acceptors (Lipinski definition) is 2. The number of ether oxygens (including phenoxy) is 1. The molecule has 0 heterocycles. The first-order valence-electron chi connectivity index (χ1n) is 12.8. The van der Waals surface area contributed by atoms with Crippen LogP contribution in [-0.4, -0.2) is 18.3 Å². The first kappa shape index (κ1) is 27.7. The summed E-state index contributed by atoms with van der Waals surface area (Å²) in [6.45, 7) is 2.29. The van der Waals surface area contributed by atoms with E-state index in [4.69, 9.17) is 22.7 Å². The maximum absolute atomic E-state index is 5.75. The number of nitrogens with one attached hydrogen (secondary N) is 1. The van der Waals surface area contributed by atoms with Gasteiger partial charge in [0.25, 0.3) is 0 Å². The van der Waals surface area contributed by atoms with E-state index in [2.05, 4.69) is 24.4 Å².